The standard InChI is InChI=1S/C12H12O/c1-3-10(2)9-12(13)11-7-5-4-6-8-11/h1,4-8,10H,9H2,2H3/t10-/m1/s1. The van der Waals surface area contributed by atoms with Crippen LogP contribution in [0.3, 0.4) is 0 Å². The van der Waals surface area contributed by atoms with Gasteiger partial charge in [0.1, 0.15) is 0 Å². The number of hydrogen-bond acceptors (Lipinski definition) is 1. The smallest absolute Gasteiger partial charge is 0.164 e. The lowest BCUT2D eigenvalue weighted by Crippen LogP contribution is -2.03. The molecule has 0 N–H and O–H groups in total. The first-order chi connectivity index (χ1) is 6.24. The molecule has 66 valence electrons. The molecule has 0 saturated carbocycles. The van der Waals surface area contributed by atoms with Gasteiger partial charge in [-0.3, -0.25) is 4.79 Å². The molecule has 1 atom stereocenters. The maximum atomic E-state index is 11.5. The van der Waals surface area contributed by atoms with Gasteiger partial charge in [-0.15, -0.1) is 12.3 Å². The van der Waals surface area contributed by atoms with Crippen molar-refractivity contribution in [3.8, 4) is 12.3 Å². The van der Waals surface area contributed by atoms with Crippen LogP contribution in [0.2, 0.25) is 0 Å². The molecule has 13 heavy (non-hydrogen) atoms. The molecule has 0 aliphatic rings. The van der Waals surface area contributed by atoms with Crippen molar-refractivity contribution in [2.75, 3.05) is 0 Å². The van der Waals surface area contributed by atoms with Gasteiger partial charge >= 0.3 is 0 Å². The molecular weight excluding hydrogens is 160 g/mol. The Labute approximate surface area is 78.8 Å². The van der Waals surface area contributed by atoms with Crippen molar-refractivity contribution in [1.29, 1.82) is 0 Å². The van der Waals surface area contributed by atoms with Crippen LogP contribution < -0.4 is 0 Å². The van der Waals surface area contributed by atoms with Gasteiger partial charge in [-0.1, -0.05) is 37.3 Å². The summed E-state index contributed by atoms with van der Waals surface area (Å²) in [5.41, 5.74) is 0.740. The van der Waals surface area contributed by atoms with Gasteiger partial charge in [-0.2, -0.15) is 0 Å². The summed E-state index contributed by atoms with van der Waals surface area (Å²) < 4.78 is 0. The number of hydrogen-bond donors (Lipinski definition) is 0. The van der Waals surface area contributed by atoms with Crippen LogP contribution in [0, 0.1) is 18.3 Å². The molecule has 0 radical (unpaired) electrons. The number of Topliss-reactive ketones (excluding diaryl/α,β-unsaturated/α-hetero) is 1. The molecule has 0 saturated heterocycles. The van der Waals surface area contributed by atoms with E-state index in [0.29, 0.717) is 6.42 Å². The Morgan fingerprint density at radius 2 is 2.08 bits per heavy atom. The lowest BCUT2D eigenvalue weighted by Gasteiger charge is -2.02. The predicted octanol–water partition coefficient (Wildman–Crippen LogP) is 2.53. The van der Waals surface area contributed by atoms with Gasteiger partial charge in [0.15, 0.2) is 5.78 Å². The van der Waals surface area contributed by atoms with Gasteiger partial charge in [0, 0.05) is 17.9 Å². The third-order valence-corrected chi connectivity index (χ3v) is 1.87. The van der Waals surface area contributed by atoms with E-state index in [4.69, 9.17) is 6.42 Å². The van der Waals surface area contributed by atoms with E-state index in [1.807, 2.05) is 37.3 Å². The topological polar surface area (TPSA) is 17.1 Å². The molecule has 0 amide bonds. The minimum absolute atomic E-state index is 0.0210. The fourth-order valence-electron chi connectivity index (χ4n) is 1.08. The number of carbonyl (C=O) groups is 1. The largest absolute Gasteiger partial charge is 0.294 e. The highest BCUT2D eigenvalue weighted by molar-refractivity contribution is 5.96. The monoisotopic (exact) mass is 172 g/mol. The minimum Gasteiger partial charge on any atom is -0.294 e. The van der Waals surface area contributed by atoms with Crippen LogP contribution >= 0.6 is 0 Å². The Balaban J connectivity index is 2.66. The zero-order chi connectivity index (χ0) is 9.68. The van der Waals surface area contributed by atoms with E-state index >= 15 is 0 Å². The highest BCUT2D eigenvalue weighted by atomic mass is 16.1. The summed E-state index contributed by atoms with van der Waals surface area (Å²) in [5, 5.41) is 0. The van der Waals surface area contributed by atoms with E-state index in [1.54, 1.807) is 0 Å². The summed E-state index contributed by atoms with van der Waals surface area (Å²) in [5.74, 6) is 2.68. The van der Waals surface area contributed by atoms with Crippen molar-refractivity contribution in [3.63, 3.8) is 0 Å². The van der Waals surface area contributed by atoms with Crippen LogP contribution in [0.5, 0.6) is 0 Å². The van der Waals surface area contributed by atoms with E-state index < -0.39 is 0 Å². The van der Waals surface area contributed by atoms with Gasteiger partial charge in [-0.05, 0) is 0 Å². The van der Waals surface area contributed by atoms with Crippen molar-refractivity contribution >= 4 is 5.78 Å². The van der Waals surface area contributed by atoms with E-state index in [9.17, 15) is 4.79 Å². The normalized spacial score (nSPS) is 11.7. The molecular formula is C12H12O. The Morgan fingerprint density at radius 3 is 2.62 bits per heavy atom. The number of carbonyl (C=O) groups excluding carboxylic acids is 1. The third kappa shape index (κ3) is 2.76. The summed E-state index contributed by atoms with van der Waals surface area (Å²) in [7, 11) is 0. The highest BCUT2D eigenvalue weighted by Gasteiger charge is 2.07. The Bertz CT molecular complexity index is 319. The first-order valence-corrected chi connectivity index (χ1v) is 4.28. The second-order valence-electron chi connectivity index (χ2n) is 3.06. The fourth-order valence-corrected chi connectivity index (χ4v) is 1.08. The molecule has 0 aliphatic heterocycles. The Kier molecular flexibility index (Phi) is 3.28. The second-order valence-corrected chi connectivity index (χ2v) is 3.06. The first kappa shape index (κ1) is 9.54. The molecule has 0 aromatic heterocycles. The Morgan fingerprint density at radius 1 is 1.46 bits per heavy atom. The molecule has 0 fully saturated rings. The molecule has 1 rings (SSSR count). The van der Waals surface area contributed by atoms with Crippen molar-refractivity contribution < 1.29 is 4.79 Å². The van der Waals surface area contributed by atoms with Crippen LogP contribution in [0.1, 0.15) is 23.7 Å². The number of ketones is 1. The van der Waals surface area contributed by atoms with Gasteiger partial charge in [-0.25, -0.2) is 0 Å². The van der Waals surface area contributed by atoms with Crippen molar-refractivity contribution in [1.82, 2.24) is 0 Å². The van der Waals surface area contributed by atoms with E-state index in [1.165, 1.54) is 0 Å². The second kappa shape index (κ2) is 4.47. The zero-order valence-electron chi connectivity index (χ0n) is 7.66. The lowest BCUT2D eigenvalue weighted by atomic mass is 10.0. The van der Waals surface area contributed by atoms with Crippen LogP contribution in [0.15, 0.2) is 30.3 Å². The maximum absolute atomic E-state index is 11.5. The first-order valence-electron chi connectivity index (χ1n) is 4.28. The van der Waals surface area contributed by atoms with Crippen molar-refractivity contribution in [3.05, 3.63) is 35.9 Å². The fraction of sp³-hybridized carbons (Fsp3) is 0.250. The van der Waals surface area contributed by atoms with E-state index in [0.717, 1.165) is 5.56 Å². The molecule has 1 heteroatoms. The van der Waals surface area contributed by atoms with Crippen LogP contribution in [0.25, 0.3) is 0 Å². The molecule has 0 bridgehead atoms. The molecule has 0 unspecified atom stereocenters. The number of rotatable bonds is 3. The average molecular weight is 172 g/mol. The SMILES string of the molecule is C#C[C@@H](C)CC(=O)c1ccccc1. The predicted molar refractivity (Wildman–Crippen MR) is 53.4 cm³/mol. The van der Waals surface area contributed by atoms with Gasteiger partial charge < -0.3 is 0 Å². The number of benzene rings is 1. The third-order valence-electron chi connectivity index (χ3n) is 1.87. The van der Waals surface area contributed by atoms with Crippen LogP contribution in [0.4, 0.5) is 0 Å². The summed E-state index contributed by atoms with van der Waals surface area (Å²) in [6.07, 6.45) is 5.63. The minimum atomic E-state index is 0.0210. The number of terminal acetylenes is 1. The molecule has 0 aliphatic carbocycles. The Hall–Kier alpha value is -1.55. The van der Waals surface area contributed by atoms with Crippen LogP contribution in [-0.2, 0) is 0 Å². The van der Waals surface area contributed by atoms with Gasteiger partial charge in [0.25, 0.3) is 0 Å². The molecule has 0 heterocycles. The van der Waals surface area contributed by atoms with Gasteiger partial charge in [0.2, 0.25) is 0 Å². The molecule has 1 aromatic carbocycles. The molecule has 1 aromatic rings. The average Bonchev–Trinajstić information content (AvgIpc) is 2.19. The maximum Gasteiger partial charge on any atom is 0.164 e. The quantitative estimate of drug-likeness (QED) is 0.505. The van der Waals surface area contributed by atoms with Crippen LogP contribution in [-0.4, -0.2) is 5.78 Å². The summed E-state index contributed by atoms with van der Waals surface area (Å²) >= 11 is 0. The highest BCUT2D eigenvalue weighted by Crippen LogP contribution is 2.08. The summed E-state index contributed by atoms with van der Waals surface area (Å²) in [6.45, 7) is 1.88. The zero-order valence-corrected chi connectivity index (χ0v) is 7.66. The lowest BCUT2D eigenvalue weighted by molar-refractivity contribution is 0.0973. The summed E-state index contributed by atoms with van der Waals surface area (Å²) in [4.78, 5) is 11.5. The molecule has 0 spiro atoms. The molecule has 1 nitrogen and oxygen atoms in total. The van der Waals surface area contributed by atoms with E-state index in [-0.39, 0.29) is 11.7 Å². The van der Waals surface area contributed by atoms with Crippen molar-refractivity contribution in [2.24, 2.45) is 5.92 Å². The van der Waals surface area contributed by atoms with Gasteiger partial charge in [0.05, 0.1) is 0 Å². The summed E-state index contributed by atoms with van der Waals surface area (Å²) in [6, 6.07) is 9.22. The van der Waals surface area contributed by atoms with Crippen molar-refractivity contribution in [2.45, 2.75) is 13.3 Å². The van der Waals surface area contributed by atoms with E-state index in [2.05, 4.69) is 5.92 Å².